The van der Waals surface area contributed by atoms with Crippen molar-refractivity contribution in [2.75, 3.05) is 11.4 Å². The Bertz CT molecular complexity index is 940. The largest absolute Gasteiger partial charge is 0.410 e. The van der Waals surface area contributed by atoms with Crippen LogP contribution in [-0.2, 0) is 22.7 Å². The van der Waals surface area contributed by atoms with Crippen LogP contribution in [0, 0.1) is 5.82 Å². The van der Waals surface area contributed by atoms with E-state index in [1.54, 1.807) is 18.2 Å². The quantitative estimate of drug-likeness (QED) is 0.563. The normalized spacial score (nSPS) is 18.8. The zero-order valence-corrected chi connectivity index (χ0v) is 17.3. The molecule has 10 heteroatoms. The number of hydrogen-bond donors (Lipinski definition) is 3. The fourth-order valence-corrected chi connectivity index (χ4v) is 3.57. The number of halogens is 3. The minimum atomic E-state index is -2.32. The number of nitrogens with one attached hydrogen (secondary N) is 1. The molecule has 2 aromatic rings. The van der Waals surface area contributed by atoms with Gasteiger partial charge in [-0.2, -0.15) is 0 Å². The molecule has 1 aliphatic rings. The highest BCUT2D eigenvalue weighted by Crippen LogP contribution is 2.31. The second-order valence-corrected chi connectivity index (χ2v) is 7.74. The van der Waals surface area contributed by atoms with Crippen molar-refractivity contribution in [2.24, 2.45) is 0 Å². The number of alkyl carbamates (subject to hydrolysis) is 1. The molecule has 0 aliphatic carbocycles. The summed E-state index contributed by atoms with van der Waals surface area (Å²) in [5.74, 6) is -3.68. The predicted octanol–water partition coefficient (Wildman–Crippen LogP) is 3.09. The third kappa shape index (κ3) is 4.87. The second kappa shape index (κ2) is 8.66. The molecule has 1 aliphatic heterocycles. The van der Waals surface area contributed by atoms with Gasteiger partial charge in [0, 0.05) is 34.7 Å². The van der Waals surface area contributed by atoms with Crippen molar-refractivity contribution in [3.05, 3.63) is 62.8 Å². The zero-order chi connectivity index (χ0) is 21.2. The van der Waals surface area contributed by atoms with Gasteiger partial charge in [0.05, 0.1) is 6.61 Å². The number of aliphatic hydroxyl groups is 2. The molecule has 154 valence electrons. The van der Waals surface area contributed by atoms with E-state index in [0.717, 1.165) is 6.07 Å². The average molecular weight is 488 g/mol. The fraction of sp³-hybridized carbons (Fsp3) is 0.263. The van der Waals surface area contributed by atoms with Gasteiger partial charge in [0.15, 0.2) is 0 Å². The van der Waals surface area contributed by atoms with Crippen LogP contribution in [0.15, 0.2) is 40.9 Å². The minimum absolute atomic E-state index is 0.100. The number of anilines is 1. The Balaban J connectivity index is 1.65. The topological polar surface area (TPSA) is 99.1 Å². The number of nitrogens with zero attached hydrogens (tertiary/aromatic N) is 1. The van der Waals surface area contributed by atoms with E-state index in [2.05, 4.69) is 21.2 Å². The van der Waals surface area contributed by atoms with E-state index in [4.69, 9.17) is 16.3 Å². The van der Waals surface area contributed by atoms with Crippen LogP contribution >= 0.6 is 27.5 Å². The highest BCUT2D eigenvalue weighted by Gasteiger charge is 2.49. The molecule has 1 fully saturated rings. The molecule has 3 rings (SSSR count). The summed E-state index contributed by atoms with van der Waals surface area (Å²) in [4.78, 5) is 26.0. The summed E-state index contributed by atoms with van der Waals surface area (Å²) in [6.07, 6.45) is -1.16. The van der Waals surface area contributed by atoms with Crippen LogP contribution in [0.1, 0.15) is 17.5 Å². The van der Waals surface area contributed by atoms with Gasteiger partial charge in [-0.3, -0.25) is 4.79 Å². The molecule has 1 atom stereocenters. The van der Waals surface area contributed by atoms with Crippen molar-refractivity contribution in [3.63, 3.8) is 0 Å². The number of carbonyl (C=O) groups excluding carboxylic acids is 2. The van der Waals surface area contributed by atoms with E-state index in [0.29, 0.717) is 21.3 Å². The van der Waals surface area contributed by atoms with Gasteiger partial charge >= 0.3 is 6.09 Å². The van der Waals surface area contributed by atoms with E-state index < -0.39 is 23.6 Å². The summed E-state index contributed by atoms with van der Waals surface area (Å²) in [7, 11) is 0. The Kier molecular flexibility index (Phi) is 6.42. The summed E-state index contributed by atoms with van der Waals surface area (Å²) < 4.78 is 19.0. The van der Waals surface area contributed by atoms with Gasteiger partial charge in [0.1, 0.15) is 5.82 Å². The standard InChI is InChI=1S/C19H17BrClFN2O5/c20-16-2-1-15(7-12(16)10-25)24-4-3-19(28,17(24)26)29-18(27)23-9-11-5-13(21)8-14(22)6-11/h1-2,5-8,25,28H,3-4,9-10H2,(H,23,27)/t19-/m0/s1. The lowest BCUT2D eigenvalue weighted by Gasteiger charge is -2.23. The van der Waals surface area contributed by atoms with Crippen LogP contribution in [0.4, 0.5) is 14.9 Å². The molecule has 0 spiro atoms. The smallest absolute Gasteiger partial charge is 0.407 e. The Morgan fingerprint density at radius 3 is 2.79 bits per heavy atom. The summed E-state index contributed by atoms with van der Waals surface area (Å²) >= 11 is 9.05. The maximum absolute atomic E-state index is 13.3. The van der Waals surface area contributed by atoms with Crippen LogP contribution in [0.2, 0.25) is 5.02 Å². The monoisotopic (exact) mass is 486 g/mol. The maximum Gasteiger partial charge on any atom is 0.410 e. The first-order valence-electron chi connectivity index (χ1n) is 8.57. The van der Waals surface area contributed by atoms with Crippen LogP contribution in [0.3, 0.4) is 0 Å². The van der Waals surface area contributed by atoms with Crippen molar-refractivity contribution in [1.29, 1.82) is 0 Å². The average Bonchev–Trinajstić information content (AvgIpc) is 2.94. The van der Waals surface area contributed by atoms with E-state index >= 15 is 0 Å². The van der Waals surface area contributed by atoms with E-state index in [-0.39, 0.29) is 31.1 Å². The first-order valence-corrected chi connectivity index (χ1v) is 9.74. The van der Waals surface area contributed by atoms with Crippen LogP contribution in [0.5, 0.6) is 0 Å². The third-order valence-corrected chi connectivity index (χ3v) is 5.38. The number of ether oxygens (including phenoxy) is 1. The molecular weight excluding hydrogens is 471 g/mol. The van der Waals surface area contributed by atoms with Gasteiger partial charge in [0.2, 0.25) is 0 Å². The van der Waals surface area contributed by atoms with Gasteiger partial charge in [-0.1, -0.05) is 27.5 Å². The van der Waals surface area contributed by atoms with Gasteiger partial charge in [-0.15, -0.1) is 0 Å². The molecule has 3 N–H and O–H groups in total. The molecule has 0 unspecified atom stereocenters. The third-order valence-electron chi connectivity index (χ3n) is 4.39. The van der Waals surface area contributed by atoms with Gasteiger partial charge in [-0.05, 0) is 47.5 Å². The van der Waals surface area contributed by atoms with Crippen LogP contribution in [-0.4, -0.2) is 34.5 Å². The first-order chi connectivity index (χ1) is 13.7. The Morgan fingerprint density at radius 2 is 2.10 bits per heavy atom. The number of rotatable bonds is 5. The molecule has 7 nitrogen and oxygen atoms in total. The minimum Gasteiger partial charge on any atom is -0.407 e. The Hall–Kier alpha value is -2.20. The van der Waals surface area contributed by atoms with Gasteiger partial charge < -0.3 is 25.2 Å². The van der Waals surface area contributed by atoms with Gasteiger partial charge in [0.25, 0.3) is 11.7 Å². The van der Waals surface area contributed by atoms with Crippen molar-refractivity contribution >= 4 is 45.2 Å². The molecule has 0 aromatic heterocycles. The number of hydrogen-bond acceptors (Lipinski definition) is 5. The number of aliphatic hydroxyl groups excluding tert-OH is 1. The maximum atomic E-state index is 13.3. The number of benzene rings is 2. The summed E-state index contributed by atoms with van der Waals surface area (Å²) in [5, 5.41) is 22.4. The lowest BCUT2D eigenvalue weighted by Crippen LogP contribution is -2.46. The van der Waals surface area contributed by atoms with E-state index in [1.165, 1.54) is 17.0 Å². The SMILES string of the molecule is O=C(NCc1cc(F)cc(Cl)c1)O[C@@]1(O)CCN(c2ccc(Br)c(CO)c2)C1=O. The molecule has 2 amide bonds. The van der Waals surface area contributed by atoms with E-state index in [1.807, 2.05) is 0 Å². The summed E-state index contributed by atoms with van der Waals surface area (Å²) in [6, 6.07) is 8.69. The highest BCUT2D eigenvalue weighted by atomic mass is 79.9. The zero-order valence-electron chi connectivity index (χ0n) is 15.0. The molecule has 0 bridgehead atoms. The molecule has 0 saturated carbocycles. The number of amides is 2. The Labute approximate surface area is 179 Å². The molecular formula is C19H17BrClFN2O5. The van der Waals surface area contributed by atoms with Crippen molar-refractivity contribution in [2.45, 2.75) is 25.4 Å². The molecule has 1 heterocycles. The molecule has 29 heavy (non-hydrogen) atoms. The van der Waals surface area contributed by atoms with Crippen LogP contribution in [0.25, 0.3) is 0 Å². The highest BCUT2D eigenvalue weighted by molar-refractivity contribution is 9.10. The summed E-state index contributed by atoms with van der Waals surface area (Å²) in [6.45, 7) is -0.213. The lowest BCUT2D eigenvalue weighted by molar-refractivity contribution is -0.175. The lowest BCUT2D eigenvalue weighted by atomic mass is 10.2. The Morgan fingerprint density at radius 1 is 1.34 bits per heavy atom. The van der Waals surface area contributed by atoms with Crippen molar-refractivity contribution in [3.8, 4) is 0 Å². The molecule has 1 saturated heterocycles. The number of carbonyl (C=O) groups is 2. The van der Waals surface area contributed by atoms with Crippen molar-refractivity contribution in [1.82, 2.24) is 5.32 Å². The molecule has 2 aromatic carbocycles. The van der Waals surface area contributed by atoms with Gasteiger partial charge in [-0.25, -0.2) is 9.18 Å². The molecule has 0 radical (unpaired) electrons. The van der Waals surface area contributed by atoms with Crippen LogP contribution < -0.4 is 10.2 Å². The van der Waals surface area contributed by atoms with E-state index in [9.17, 15) is 24.2 Å². The fourth-order valence-electron chi connectivity index (χ4n) is 2.95. The van der Waals surface area contributed by atoms with Crippen molar-refractivity contribution < 1.29 is 28.9 Å². The summed E-state index contributed by atoms with van der Waals surface area (Å²) in [5.41, 5.74) is 1.42. The first kappa shape index (κ1) is 21.5. The second-order valence-electron chi connectivity index (χ2n) is 6.45. The predicted molar refractivity (Wildman–Crippen MR) is 107 cm³/mol.